The van der Waals surface area contributed by atoms with Gasteiger partial charge in [-0.15, -0.1) is 0 Å². The smallest absolute Gasteiger partial charge is 0.235 e. The molecule has 3 aromatic heterocycles. The lowest BCUT2D eigenvalue weighted by Gasteiger charge is -2.14. The quantitative estimate of drug-likeness (QED) is 0.188. The van der Waals surface area contributed by atoms with Crippen LogP contribution in [0.15, 0.2) is 180 Å². The fourth-order valence-electron chi connectivity index (χ4n) is 8.09. The molecule has 0 aliphatic carbocycles. The van der Waals surface area contributed by atoms with Crippen LogP contribution in [0, 0.1) is 0 Å². The van der Waals surface area contributed by atoms with E-state index in [0.717, 1.165) is 72.0 Å². The largest absolute Gasteiger partial charge is 0.455 e. The molecule has 0 N–H and O–H groups in total. The SMILES string of the molecule is c1ccc(-c2cc(-c3ccccc3)nc(-n3c4ccc5ccccc5c4c4cccc(-c5cccc6c5oc5ccc7ccccc7c56)c43)n2)cc1. The standard InChI is InChI=1S/C48H29N3O/c1-3-15-32(16-4-1)40-29-41(33-17-5-2-6-18-33)50-48(49-40)51-42-27-25-30-13-7-9-19-34(30)44(42)38-23-11-21-36(46(38)51)37-22-12-24-39-45-35-20-10-8-14-31(35)26-28-43(45)52-47(37)39/h1-29H. The van der Waals surface area contributed by atoms with Crippen LogP contribution in [0.25, 0.3) is 105 Å². The molecule has 0 bridgehead atoms. The Kier molecular flexibility index (Phi) is 6.22. The number of rotatable bonds is 4. The molecule has 0 amide bonds. The van der Waals surface area contributed by atoms with E-state index >= 15 is 0 Å². The Bertz CT molecular complexity index is 3120. The second-order valence-corrected chi connectivity index (χ2v) is 13.3. The van der Waals surface area contributed by atoms with Crippen LogP contribution in [0.4, 0.5) is 0 Å². The molecule has 242 valence electrons. The van der Waals surface area contributed by atoms with Gasteiger partial charge in [0.05, 0.1) is 22.4 Å². The van der Waals surface area contributed by atoms with Crippen LogP contribution in [0.3, 0.4) is 0 Å². The number of fused-ring (bicyclic) bond motifs is 10. The van der Waals surface area contributed by atoms with Crippen molar-refractivity contribution in [3.05, 3.63) is 176 Å². The summed E-state index contributed by atoms with van der Waals surface area (Å²) in [6.07, 6.45) is 0. The lowest BCUT2D eigenvalue weighted by atomic mass is 9.97. The van der Waals surface area contributed by atoms with E-state index in [2.05, 4.69) is 168 Å². The molecule has 0 saturated heterocycles. The van der Waals surface area contributed by atoms with Gasteiger partial charge in [-0.3, -0.25) is 4.57 Å². The Morgan fingerprint density at radius 1 is 0.423 bits per heavy atom. The van der Waals surface area contributed by atoms with Crippen LogP contribution in [0.5, 0.6) is 0 Å². The molecule has 0 fully saturated rings. The van der Waals surface area contributed by atoms with E-state index in [0.29, 0.717) is 5.95 Å². The van der Waals surface area contributed by atoms with Gasteiger partial charge in [0.1, 0.15) is 11.2 Å². The second-order valence-electron chi connectivity index (χ2n) is 13.3. The number of hydrogen-bond acceptors (Lipinski definition) is 3. The molecule has 0 spiro atoms. The first-order valence-corrected chi connectivity index (χ1v) is 17.6. The maximum absolute atomic E-state index is 6.80. The third-order valence-electron chi connectivity index (χ3n) is 10.4. The molecule has 3 heterocycles. The van der Waals surface area contributed by atoms with E-state index in [4.69, 9.17) is 14.4 Å². The lowest BCUT2D eigenvalue weighted by Crippen LogP contribution is -2.04. The fourth-order valence-corrected chi connectivity index (χ4v) is 8.09. The Labute approximate surface area is 298 Å². The van der Waals surface area contributed by atoms with Crippen LogP contribution in [0.2, 0.25) is 0 Å². The zero-order valence-corrected chi connectivity index (χ0v) is 28.0. The summed E-state index contributed by atoms with van der Waals surface area (Å²) in [6.45, 7) is 0. The van der Waals surface area contributed by atoms with E-state index < -0.39 is 0 Å². The molecule has 0 atom stereocenters. The highest BCUT2D eigenvalue weighted by Crippen LogP contribution is 2.45. The number of para-hydroxylation sites is 2. The van der Waals surface area contributed by atoms with Crippen LogP contribution in [-0.2, 0) is 0 Å². The zero-order valence-electron chi connectivity index (χ0n) is 28.0. The van der Waals surface area contributed by atoms with Gasteiger partial charge in [-0.1, -0.05) is 158 Å². The Morgan fingerprint density at radius 2 is 0.981 bits per heavy atom. The van der Waals surface area contributed by atoms with Gasteiger partial charge in [-0.2, -0.15) is 0 Å². The van der Waals surface area contributed by atoms with Gasteiger partial charge in [-0.25, -0.2) is 9.97 Å². The predicted molar refractivity (Wildman–Crippen MR) is 215 cm³/mol. The third kappa shape index (κ3) is 4.28. The van der Waals surface area contributed by atoms with Crippen LogP contribution >= 0.6 is 0 Å². The molecule has 0 radical (unpaired) electrons. The third-order valence-corrected chi connectivity index (χ3v) is 10.4. The summed E-state index contributed by atoms with van der Waals surface area (Å²) in [4.78, 5) is 10.7. The first-order chi connectivity index (χ1) is 25.8. The number of hydrogen-bond donors (Lipinski definition) is 0. The molecule has 0 unspecified atom stereocenters. The van der Waals surface area contributed by atoms with Gasteiger partial charge in [0.25, 0.3) is 0 Å². The molecule has 52 heavy (non-hydrogen) atoms. The van der Waals surface area contributed by atoms with Gasteiger partial charge in [0, 0.05) is 43.8 Å². The molecule has 0 aliphatic rings. The van der Waals surface area contributed by atoms with Crippen molar-refractivity contribution in [2.45, 2.75) is 0 Å². The van der Waals surface area contributed by atoms with Crippen molar-refractivity contribution in [1.29, 1.82) is 0 Å². The normalized spacial score (nSPS) is 11.8. The van der Waals surface area contributed by atoms with Gasteiger partial charge in [0.2, 0.25) is 5.95 Å². The van der Waals surface area contributed by atoms with Crippen molar-refractivity contribution in [2.75, 3.05) is 0 Å². The minimum atomic E-state index is 0.616. The van der Waals surface area contributed by atoms with E-state index in [-0.39, 0.29) is 0 Å². The Morgan fingerprint density at radius 3 is 1.67 bits per heavy atom. The minimum absolute atomic E-state index is 0.616. The predicted octanol–water partition coefficient (Wildman–Crippen LogP) is 12.8. The first kappa shape index (κ1) is 28.8. The van der Waals surface area contributed by atoms with Crippen molar-refractivity contribution in [1.82, 2.24) is 14.5 Å². The maximum atomic E-state index is 6.80. The topological polar surface area (TPSA) is 43.9 Å². The summed E-state index contributed by atoms with van der Waals surface area (Å²) in [5.74, 6) is 0.616. The van der Waals surface area contributed by atoms with Gasteiger partial charge < -0.3 is 4.42 Å². The molecule has 0 saturated carbocycles. The van der Waals surface area contributed by atoms with Crippen LogP contribution < -0.4 is 0 Å². The molecule has 0 aliphatic heterocycles. The van der Waals surface area contributed by atoms with Crippen molar-refractivity contribution < 1.29 is 4.42 Å². The van der Waals surface area contributed by atoms with Crippen LogP contribution in [-0.4, -0.2) is 14.5 Å². The monoisotopic (exact) mass is 663 g/mol. The van der Waals surface area contributed by atoms with Gasteiger partial charge in [0.15, 0.2) is 0 Å². The molecular formula is C48H29N3O. The maximum Gasteiger partial charge on any atom is 0.235 e. The summed E-state index contributed by atoms with van der Waals surface area (Å²) < 4.78 is 9.06. The van der Waals surface area contributed by atoms with Crippen molar-refractivity contribution in [3.8, 4) is 39.6 Å². The van der Waals surface area contributed by atoms with Gasteiger partial charge in [-0.05, 0) is 39.7 Å². The van der Waals surface area contributed by atoms with E-state index in [9.17, 15) is 0 Å². The number of aromatic nitrogens is 3. The fraction of sp³-hybridized carbons (Fsp3) is 0. The average Bonchev–Trinajstić information content (AvgIpc) is 3.78. The molecular weight excluding hydrogens is 635 g/mol. The molecule has 11 aromatic rings. The summed E-state index contributed by atoms with van der Waals surface area (Å²) in [5.41, 5.74) is 9.72. The molecule has 11 rings (SSSR count). The second kappa shape index (κ2) is 11.2. The Hall–Kier alpha value is -7.04. The minimum Gasteiger partial charge on any atom is -0.455 e. The average molecular weight is 664 g/mol. The zero-order chi connectivity index (χ0) is 34.2. The number of nitrogens with zero attached hydrogens (tertiary/aromatic N) is 3. The van der Waals surface area contributed by atoms with Gasteiger partial charge >= 0.3 is 0 Å². The summed E-state index contributed by atoms with van der Waals surface area (Å²) in [7, 11) is 0. The Balaban J connectivity index is 1.29. The van der Waals surface area contributed by atoms with E-state index in [1.54, 1.807) is 0 Å². The lowest BCUT2D eigenvalue weighted by molar-refractivity contribution is 0.670. The summed E-state index contributed by atoms with van der Waals surface area (Å²) in [6, 6.07) is 61.8. The highest BCUT2D eigenvalue weighted by atomic mass is 16.3. The molecule has 8 aromatic carbocycles. The van der Waals surface area contributed by atoms with Crippen molar-refractivity contribution in [2.24, 2.45) is 0 Å². The highest BCUT2D eigenvalue weighted by Gasteiger charge is 2.23. The molecule has 4 nitrogen and oxygen atoms in total. The highest BCUT2D eigenvalue weighted by molar-refractivity contribution is 6.25. The number of benzene rings is 8. The van der Waals surface area contributed by atoms with Crippen molar-refractivity contribution in [3.63, 3.8) is 0 Å². The van der Waals surface area contributed by atoms with E-state index in [1.165, 1.54) is 26.9 Å². The van der Waals surface area contributed by atoms with E-state index in [1.807, 2.05) is 12.1 Å². The summed E-state index contributed by atoms with van der Waals surface area (Å²) >= 11 is 0. The van der Waals surface area contributed by atoms with Crippen LogP contribution in [0.1, 0.15) is 0 Å². The van der Waals surface area contributed by atoms with Crippen molar-refractivity contribution >= 4 is 65.3 Å². The molecule has 4 heteroatoms. The number of furan rings is 1. The summed E-state index contributed by atoms with van der Waals surface area (Å²) in [5, 5.41) is 9.32. The first-order valence-electron chi connectivity index (χ1n) is 17.6.